The van der Waals surface area contributed by atoms with Crippen LogP contribution in [0.4, 0.5) is 17.1 Å². The number of rotatable bonds is 5. The van der Waals surface area contributed by atoms with Crippen LogP contribution in [0.2, 0.25) is 0 Å². The predicted octanol–water partition coefficient (Wildman–Crippen LogP) is 13.8. The maximum Gasteiger partial charge on any atom is 0.136 e. The molecule has 0 saturated carbocycles. The van der Waals surface area contributed by atoms with Gasteiger partial charge in [-0.25, -0.2) is 0 Å². The molecule has 2 nitrogen and oxygen atoms in total. The topological polar surface area (TPSA) is 16.4 Å². The summed E-state index contributed by atoms with van der Waals surface area (Å²) in [5, 5.41) is 4.71. The van der Waals surface area contributed by atoms with E-state index in [9.17, 15) is 0 Å². The fraction of sp³-hybridized carbons (Fsp3) is 0.0612. The molecule has 0 N–H and O–H groups in total. The molecule has 2 heteroatoms. The van der Waals surface area contributed by atoms with Gasteiger partial charge in [-0.05, 0) is 98.2 Å². The number of hydrogen-bond acceptors (Lipinski definition) is 2. The van der Waals surface area contributed by atoms with Crippen LogP contribution in [0, 0.1) is 0 Å². The minimum Gasteiger partial charge on any atom is -0.456 e. The van der Waals surface area contributed by atoms with E-state index in [2.05, 4.69) is 189 Å². The van der Waals surface area contributed by atoms with Gasteiger partial charge in [-0.3, -0.25) is 0 Å². The zero-order valence-electron chi connectivity index (χ0n) is 28.6. The van der Waals surface area contributed by atoms with E-state index in [-0.39, 0.29) is 5.41 Å². The minimum atomic E-state index is -0.121. The van der Waals surface area contributed by atoms with Gasteiger partial charge in [-0.2, -0.15) is 0 Å². The highest BCUT2D eigenvalue weighted by atomic mass is 16.3. The minimum absolute atomic E-state index is 0.121. The summed E-state index contributed by atoms with van der Waals surface area (Å²) < 4.78 is 6.49. The molecule has 10 rings (SSSR count). The molecule has 1 aliphatic rings. The lowest BCUT2D eigenvalue weighted by atomic mass is 9.82. The highest BCUT2D eigenvalue weighted by Crippen LogP contribution is 2.52. The van der Waals surface area contributed by atoms with Gasteiger partial charge in [0.25, 0.3) is 0 Å². The SMILES string of the molecule is CC1(C)c2ccccc2-c2ccc(N(c3ccccc3)c3cccc(-c4cccc5ccccc45)c3-c3ccc4c(c3)oc3ccccc34)cc21. The number of anilines is 3. The number of fused-ring (bicyclic) bond motifs is 7. The molecular weight excluding hydrogens is 619 g/mol. The number of benzene rings is 8. The second kappa shape index (κ2) is 11.3. The Morgan fingerprint density at radius 3 is 2.00 bits per heavy atom. The highest BCUT2D eigenvalue weighted by molar-refractivity contribution is 6.09. The van der Waals surface area contributed by atoms with Crippen molar-refractivity contribution < 1.29 is 4.42 Å². The van der Waals surface area contributed by atoms with Crippen LogP contribution >= 0.6 is 0 Å². The molecule has 0 saturated heterocycles. The van der Waals surface area contributed by atoms with Crippen LogP contribution in [0.1, 0.15) is 25.0 Å². The molecule has 1 aliphatic carbocycles. The molecule has 0 fully saturated rings. The van der Waals surface area contributed by atoms with E-state index in [1.807, 2.05) is 6.07 Å². The fourth-order valence-electron chi connectivity index (χ4n) is 8.43. The number of nitrogens with zero attached hydrogens (tertiary/aromatic N) is 1. The van der Waals surface area contributed by atoms with Gasteiger partial charge in [-0.15, -0.1) is 0 Å². The first-order chi connectivity index (χ1) is 25.1. The van der Waals surface area contributed by atoms with E-state index in [1.165, 1.54) is 44.2 Å². The van der Waals surface area contributed by atoms with Crippen molar-refractivity contribution in [1.29, 1.82) is 0 Å². The van der Waals surface area contributed by atoms with E-state index in [0.717, 1.165) is 50.1 Å². The van der Waals surface area contributed by atoms with Gasteiger partial charge in [0, 0.05) is 33.1 Å². The quantitative estimate of drug-likeness (QED) is 0.184. The molecule has 0 aliphatic heterocycles. The van der Waals surface area contributed by atoms with Crippen LogP contribution in [-0.2, 0) is 5.41 Å². The maximum atomic E-state index is 6.49. The molecule has 8 aromatic carbocycles. The van der Waals surface area contributed by atoms with E-state index >= 15 is 0 Å². The maximum absolute atomic E-state index is 6.49. The van der Waals surface area contributed by atoms with E-state index in [0.29, 0.717) is 0 Å². The summed E-state index contributed by atoms with van der Waals surface area (Å²) >= 11 is 0. The number of furan rings is 1. The highest BCUT2D eigenvalue weighted by Gasteiger charge is 2.36. The fourth-order valence-corrected chi connectivity index (χ4v) is 8.43. The Hall–Kier alpha value is -6.38. The van der Waals surface area contributed by atoms with E-state index < -0.39 is 0 Å². The smallest absolute Gasteiger partial charge is 0.136 e. The van der Waals surface area contributed by atoms with Gasteiger partial charge in [0.15, 0.2) is 0 Å². The predicted molar refractivity (Wildman–Crippen MR) is 214 cm³/mol. The summed E-state index contributed by atoms with van der Waals surface area (Å²) in [6.07, 6.45) is 0. The Morgan fingerprint density at radius 1 is 0.431 bits per heavy atom. The second-order valence-electron chi connectivity index (χ2n) is 14.1. The first-order valence-corrected chi connectivity index (χ1v) is 17.7. The standard InChI is InChI=1S/C49H35NO/c1-49(2)43-23-10-8-19-38(43)39-29-27-35(31-44(39)49)50(34-16-4-3-5-17-34)45-24-13-22-42(37-21-12-15-32-14-6-7-18-36(32)37)48(45)33-26-28-41-40-20-9-11-25-46(40)51-47(41)30-33/h3-31H,1-2H3. The lowest BCUT2D eigenvalue weighted by molar-refractivity contribution is 0.660. The molecule has 0 unspecified atom stereocenters. The van der Waals surface area contributed by atoms with Crippen LogP contribution in [0.25, 0.3) is 66.1 Å². The molecule has 1 aromatic heterocycles. The number of hydrogen-bond donors (Lipinski definition) is 0. The first-order valence-electron chi connectivity index (χ1n) is 17.7. The van der Waals surface area contributed by atoms with Crippen LogP contribution in [0.15, 0.2) is 180 Å². The Labute approximate surface area is 297 Å². The van der Waals surface area contributed by atoms with Gasteiger partial charge < -0.3 is 9.32 Å². The van der Waals surface area contributed by atoms with Crippen molar-refractivity contribution in [1.82, 2.24) is 0 Å². The monoisotopic (exact) mass is 653 g/mol. The van der Waals surface area contributed by atoms with Crippen LogP contribution < -0.4 is 4.90 Å². The third-order valence-corrected chi connectivity index (χ3v) is 10.9. The molecule has 0 bridgehead atoms. The second-order valence-corrected chi connectivity index (χ2v) is 14.1. The lowest BCUT2D eigenvalue weighted by Gasteiger charge is -2.31. The van der Waals surface area contributed by atoms with E-state index in [4.69, 9.17) is 4.42 Å². The van der Waals surface area contributed by atoms with Gasteiger partial charge >= 0.3 is 0 Å². The Balaban J connectivity index is 1.27. The van der Waals surface area contributed by atoms with Crippen molar-refractivity contribution in [3.63, 3.8) is 0 Å². The molecule has 0 amide bonds. The lowest BCUT2D eigenvalue weighted by Crippen LogP contribution is -2.17. The van der Waals surface area contributed by atoms with E-state index in [1.54, 1.807) is 0 Å². The van der Waals surface area contributed by atoms with Crippen LogP contribution in [-0.4, -0.2) is 0 Å². The Bertz CT molecular complexity index is 2780. The molecule has 0 atom stereocenters. The largest absolute Gasteiger partial charge is 0.456 e. The zero-order valence-corrected chi connectivity index (χ0v) is 28.6. The molecular formula is C49H35NO. The molecule has 51 heavy (non-hydrogen) atoms. The Morgan fingerprint density at radius 2 is 1.10 bits per heavy atom. The summed E-state index contributed by atoms with van der Waals surface area (Å²) in [5.74, 6) is 0. The van der Waals surface area contributed by atoms with Crippen LogP contribution in [0.3, 0.4) is 0 Å². The number of para-hydroxylation sites is 2. The van der Waals surface area contributed by atoms with Crippen molar-refractivity contribution in [2.45, 2.75) is 19.3 Å². The summed E-state index contributed by atoms with van der Waals surface area (Å²) in [6.45, 7) is 4.70. The summed E-state index contributed by atoms with van der Waals surface area (Å²) in [6, 6.07) is 63.7. The van der Waals surface area contributed by atoms with Crippen molar-refractivity contribution in [2.24, 2.45) is 0 Å². The summed E-state index contributed by atoms with van der Waals surface area (Å²) in [4.78, 5) is 2.44. The molecule has 242 valence electrons. The molecule has 9 aromatic rings. The Kier molecular flexibility index (Phi) is 6.56. The summed E-state index contributed by atoms with van der Waals surface area (Å²) in [7, 11) is 0. The van der Waals surface area contributed by atoms with Gasteiger partial charge in [0.2, 0.25) is 0 Å². The van der Waals surface area contributed by atoms with Gasteiger partial charge in [0.05, 0.1) is 5.69 Å². The van der Waals surface area contributed by atoms with Crippen molar-refractivity contribution in [3.05, 3.63) is 187 Å². The average molecular weight is 654 g/mol. The van der Waals surface area contributed by atoms with Crippen molar-refractivity contribution in [3.8, 4) is 33.4 Å². The van der Waals surface area contributed by atoms with Crippen LogP contribution in [0.5, 0.6) is 0 Å². The van der Waals surface area contributed by atoms with Crippen molar-refractivity contribution in [2.75, 3.05) is 4.90 Å². The average Bonchev–Trinajstić information content (AvgIpc) is 3.66. The molecule has 0 radical (unpaired) electrons. The zero-order chi connectivity index (χ0) is 34.1. The van der Waals surface area contributed by atoms with Gasteiger partial charge in [-0.1, -0.05) is 141 Å². The normalized spacial score (nSPS) is 13.1. The molecule has 1 heterocycles. The third kappa shape index (κ3) is 4.57. The third-order valence-electron chi connectivity index (χ3n) is 10.9. The van der Waals surface area contributed by atoms with Crippen molar-refractivity contribution >= 4 is 49.8 Å². The first kappa shape index (κ1) is 29.5. The van der Waals surface area contributed by atoms with Gasteiger partial charge in [0.1, 0.15) is 11.2 Å². The summed E-state index contributed by atoms with van der Waals surface area (Å²) in [5.41, 5.74) is 15.0. The molecule has 0 spiro atoms.